The molecule has 100 valence electrons. The lowest BCUT2D eigenvalue weighted by atomic mass is 10.1. The normalized spacial score (nSPS) is 13.2. The topological polar surface area (TPSA) is 33.2 Å². The fourth-order valence-corrected chi connectivity index (χ4v) is 1.68. The van der Waals surface area contributed by atoms with Gasteiger partial charge in [-0.25, -0.2) is 4.98 Å². The second-order valence-corrected chi connectivity index (χ2v) is 4.05. The first kappa shape index (κ1) is 14.5. The molecule has 0 bridgehead atoms. The molecule has 1 aromatic rings. The van der Waals surface area contributed by atoms with Crippen molar-refractivity contribution in [1.82, 2.24) is 4.98 Å². The monoisotopic (exact) mass is 260 g/mol. The summed E-state index contributed by atoms with van der Waals surface area (Å²) in [6.45, 7) is 3.82. The van der Waals surface area contributed by atoms with Crippen molar-refractivity contribution in [2.45, 2.75) is 38.9 Å². The van der Waals surface area contributed by atoms with Crippen molar-refractivity contribution in [2.75, 3.05) is 4.90 Å². The van der Waals surface area contributed by atoms with Gasteiger partial charge in [-0.2, -0.15) is 13.2 Å². The minimum absolute atomic E-state index is 0.0639. The molecule has 0 radical (unpaired) electrons. The fourth-order valence-electron chi connectivity index (χ4n) is 1.68. The van der Waals surface area contributed by atoms with Crippen LogP contribution in [0.4, 0.5) is 18.9 Å². The van der Waals surface area contributed by atoms with Gasteiger partial charge in [-0.1, -0.05) is 13.3 Å². The molecule has 3 nitrogen and oxygen atoms in total. The highest BCUT2D eigenvalue weighted by molar-refractivity contribution is 5.75. The number of carbonyl (C=O) groups is 1. The molecule has 1 unspecified atom stereocenters. The Bertz CT molecular complexity index is 389. The molecule has 0 fully saturated rings. The van der Waals surface area contributed by atoms with Crippen LogP contribution in [0.2, 0.25) is 0 Å². The Balaban J connectivity index is 2.92. The van der Waals surface area contributed by atoms with E-state index in [9.17, 15) is 18.0 Å². The van der Waals surface area contributed by atoms with E-state index in [4.69, 9.17) is 0 Å². The molecule has 0 aliphatic rings. The van der Waals surface area contributed by atoms with Gasteiger partial charge in [0.1, 0.15) is 5.69 Å². The summed E-state index contributed by atoms with van der Waals surface area (Å²) in [6, 6.07) is 2.08. The molecule has 0 spiro atoms. The third-order valence-corrected chi connectivity index (χ3v) is 2.63. The Morgan fingerprint density at radius 3 is 2.50 bits per heavy atom. The zero-order valence-electron chi connectivity index (χ0n) is 10.2. The van der Waals surface area contributed by atoms with E-state index in [1.165, 1.54) is 11.0 Å². The van der Waals surface area contributed by atoms with Gasteiger partial charge in [-0.15, -0.1) is 0 Å². The van der Waals surface area contributed by atoms with Crippen molar-refractivity contribution in [3.8, 4) is 0 Å². The van der Waals surface area contributed by atoms with E-state index < -0.39 is 11.9 Å². The molecular formula is C12H15F3N2O. The van der Waals surface area contributed by atoms with Crippen LogP contribution in [0, 0.1) is 0 Å². The van der Waals surface area contributed by atoms with Crippen LogP contribution in [-0.4, -0.2) is 17.4 Å². The molecule has 18 heavy (non-hydrogen) atoms. The van der Waals surface area contributed by atoms with Gasteiger partial charge in [0.25, 0.3) is 0 Å². The zero-order valence-corrected chi connectivity index (χ0v) is 10.2. The van der Waals surface area contributed by atoms with Crippen LogP contribution in [0.5, 0.6) is 0 Å². The Kier molecular flexibility index (Phi) is 4.69. The van der Waals surface area contributed by atoms with Gasteiger partial charge in [0.15, 0.2) is 0 Å². The third-order valence-electron chi connectivity index (χ3n) is 2.63. The fraction of sp³-hybridized carbons (Fsp3) is 0.500. The van der Waals surface area contributed by atoms with Crippen molar-refractivity contribution < 1.29 is 18.0 Å². The lowest BCUT2D eigenvalue weighted by Gasteiger charge is -2.24. The number of carbonyl (C=O) groups excluding carboxylic acids is 1. The first-order valence-electron chi connectivity index (χ1n) is 5.67. The molecule has 0 saturated heterocycles. The predicted molar refractivity (Wildman–Crippen MR) is 62.2 cm³/mol. The maximum Gasteiger partial charge on any atom is 0.433 e. The van der Waals surface area contributed by atoms with Crippen LogP contribution in [0.3, 0.4) is 0 Å². The highest BCUT2D eigenvalue weighted by Gasteiger charge is 2.32. The third kappa shape index (κ3) is 3.45. The van der Waals surface area contributed by atoms with E-state index in [2.05, 4.69) is 4.98 Å². The summed E-state index contributed by atoms with van der Waals surface area (Å²) >= 11 is 0. The number of hydrogen-bond donors (Lipinski definition) is 0. The number of alkyl halides is 3. The second kappa shape index (κ2) is 5.84. The van der Waals surface area contributed by atoms with E-state index in [0.717, 1.165) is 25.1 Å². The summed E-state index contributed by atoms with van der Waals surface area (Å²) in [5, 5.41) is 0. The van der Waals surface area contributed by atoms with Crippen molar-refractivity contribution in [1.29, 1.82) is 0 Å². The van der Waals surface area contributed by atoms with Gasteiger partial charge in [0, 0.05) is 6.04 Å². The van der Waals surface area contributed by atoms with Gasteiger partial charge in [-0.05, 0) is 25.5 Å². The number of pyridine rings is 1. The summed E-state index contributed by atoms with van der Waals surface area (Å²) < 4.78 is 37.0. The van der Waals surface area contributed by atoms with E-state index in [0.29, 0.717) is 12.1 Å². The number of nitrogens with zero attached hydrogens (tertiary/aromatic N) is 2. The van der Waals surface area contributed by atoms with Crippen molar-refractivity contribution >= 4 is 12.1 Å². The van der Waals surface area contributed by atoms with E-state index in [1.807, 2.05) is 13.8 Å². The van der Waals surface area contributed by atoms with Gasteiger partial charge in [0.05, 0.1) is 11.9 Å². The van der Waals surface area contributed by atoms with Crippen molar-refractivity contribution in [3.05, 3.63) is 24.0 Å². The van der Waals surface area contributed by atoms with Crippen LogP contribution < -0.4 is 4.90 Å². The van der Waals surface area contributed by atoms with Crippen LogP contribution in [0.15, 0.2) is 18.3 Å². The van der Waals surface area contributed by atoms with Crippen molar-refractivity contribution in [3.63, 3.8) is 0 Å². The molecule has 1 aromatic heterocycles. The second-order valence-electron chi connectivity index (χ2n) is 4.05. The van der Waals surface area contributed by atoms with E-state index in [-0.39, 0.29) is 6.04 Å². The zero-order chi connectivity index (χ0) is 13.8. The summed E-state index contributed by atoms with van der Waals surface area (Å²) in [4.78, 5) is 15.7. The Morgan fingerprint density at radius 2 is 2.11 bits per heavy atom. The molecule has 1 atom stereocenters. The van der Waals surface area contributed by atoms with Gasteiger partial charge < -0.3 is 4.90 Å². The molecule has 1 amide bonds. The summed E-state index contributed by atoms with van der Waals surface area (Å²) in [7, 11) is 0. The predicted octanol–water partition coefficient (Wildman–Crippen LogP) is 3.25. The maximum absolute atomic E-state index is 12.3. The quantitative estimate of drug-likeness (QED) is 0.761. The highest BCUT2D eigenvalue weighted by atomic mass is 19.4. The first-order chi connectivity index (χ1) is 8.40. The molecule has 1 heterocycles. The number of hydrogen-bond acceptors (Lipinski definition) is 2. The molecular weight excluding hydrogens is 245 g/mol. The average molecular weight is 260 g/mol. The Hall–Kier alpha value is -1.59. The van der Waals surface area contributed by atoms with E-state index in [1.54, 1.807) is 0 Å². The molecule has 0 aromatic carbocycles. The molecule has 0 N–H and O–H groups in total. The molecule has 0 saturated carbocycles. The van der Waals surface area contributed by atoms with Crippen LogP contribution in [0.25, 0.3) is 0 Å². The number of anilines is 1. The lowest BCUT2D eigenvalue weighted by molar-refractivity contribution is -0.141. The SMILES string of the molecule is CCCC(C)N(C=O)c1ccc(C(F)(F)F)nc1. The largest absolute Gasteiger partial charge is 0.433 e. The Labute approximate surface area is 104 Å². The minimum atomic E-state index is -4.46. The summed E-state index contributed by atoms with van der Waals surface area (Å²) in [6.07, 6.45) is -1.10. The number of halogens is 3. The average Bonchev–Trinajstić information content (AvgIpc) is 2.30. The Morgan fingerprint density at radius 1 is 1.44 bits per heavy atom. The van der Waals surface area contributed by atoms with Gasteiger partial charge in [-0.3, -0.25) is 4.79 Å². The van der Waals surface area contributed by atoms with Gasteiger partial charge >= 0.3 is 6.18 Å². The highest BCUT2D eigenvalue weighted by Crippen LogP contribution is 2.28. The van der Waals surface area contributed by atoms with Gasteiger partial charge in [0.2, 0.25) is 6.41 Å². The maximum atomic E-state index is 12.3. The van der Waals surface area contributed by atoms with Crippen molar-refractivity contribution in [2.24, 2.45) is 0 Å². The summed E-state index contributed by atoms with van der Waals surface area (Å²) in [5.74, 6) is 0. The molecule has 0 aliphatic heterocycles. The summed E-state index contributed by atoms with van der Waals surface area (Å²) in [5.41, 5.74) is -0.584. The lowest BCUT2D eigenvalue weighted by Crippen LogP contribution is -2.31. The number of aromatic nitrogens is 1. The first-order valence-corrected chi connectivity index (χ1v) is 5.67. The number of rotatable bonds is 5. The minimum Gasteiger partial charge on any atom is -0.311 e. The standard InChI is InChI=1S/C12H15F3N2O/c1-3-4-9(2)17(8-18)10-5-6-11(16-7-10)12(13,14)15/h5-9H,3-4H2,1-2H3. The van der Waals surface area contributed by atoms with Crippen LogP contribution in [-0.2, 0) is 11.0 Å². The number of amides is 1. The van der Waals surface area contributed by atoms with E-state index >= 15 is 0 Å². The van der Waals surface area contributed by atoms with Crippen LogP contribution in [0.1, 0.15) is 32.4 Å². The van der Waals surface area contributed by atoms with Crippen LogP contribution >= 0.6 is 0 Å². The smallest absolute Gasteiger partial charge is 0.311 e. The molecule has 1 rings (SSSR count). The molecule has 0 aliphatic carbocycles. The molecule has 6 heteroatoms.